The normalized spacial score (nSPS) is 12.2. The number of para-hydroxylation sites is 1. The van der Waals surface area contributed by atoms with Crippen LogP contribution in [0.2, 0.25) is 0 Å². The molecule has 1 N–H and O–H groups in total. The second-order valence-electron chi connectivity index (χ2n) is 5.07. The minimum Gasteiger partial charge on any atom is -0.396 e. The van der Waals surface area contributed by atoms with Crippen molar-refractivity contribution in [1.82, 2.24) is 9.55 Å². The van der Waals surface area contributed by atoms with Crippen molar-refractivity contribution < 1.29 is 5.11 Å². The smallest absolute Gasteiger partial charge is 0.262 e. The molecule has 1 heterocycles. The van der Waals surface area contributed by atoms with E-state index >= 15 is 0 Å². The summed E-state index contributed by atoms with van der Waals surface area (Å²) in [5.74, 6) is 0. The van der Waals surface area contributed by atoms with Gasteiger partial charge in [-0.2, -0.15) is 5.26 Å². The molecular formula is C16H19N3O2S. The quantitative estimate of drug-likeness (QED) is 0.627. The van der Waals surface area contributed by atoms with Gasteiger partial charge in [0.15, 0.2) is 5.16 Å². The van der Waals surface area contributed by atoms with Gasteiger partial charge >= 0.3 is 0 Å². The summed E-state index contributed by atoms with van der Waals surface area (Å²) in [6, 6.07) is 9.43. The lowest BCUT2D eigenvalue weighted by Crippen LogP contribution is -2.24. The van der Waals surface area contributed by atoms with Gasteiger partial charge in [-0.1, -0.05) is 30.8 Å². The van der Waals surface area contributed by atoms with Crippen LogP contribution in [0.25, 0.3) is 10.9 Å². The average Bonchev–Trinajstić information content (AvgIpc) is 2.52. The van der Waals surface area contributed by atoms with E-state index in [0.29, 0.717) is 35.4 Å². The van der Waals surface area contributed by atoms with Crippen LogP contribution in [-0.2, 0) is 6.54 Å². The minimum absolute atomic E-state index is 0.0351. The highest BCUT2D eigenvalue weighted by molar-refractivity contribution is 7.99. The summed E-state index contributed by atoms with van der Waals surface area (Å²) >= 11 is 1.51. The second kappa shape index (κ2) is 7.97. The first kappa shape index (κ1) is 16.5. The van der Waals surface area contributed by atoms with Crippen molar-refractivity contribution in [2.75, 3.05) is 6.61 Å². The Kier molecular flexibility index (Phi) is 5.99. The average molecular weight is 317 g/mol. The number of aliphatic hydroxyl groups is 1. The summed E-state index contributed by atoms with van der Waals surface area (Å²) in [5, 5.41) is 19.2. The number of hydrogen-bond donors (Lipinski definition) is 1. The van der Waals surface area contributed by atoms with Gasteiger partial charge in [-0.3, -0.25) is 9.36 Å². The van der Waals surface area contributed by atoms with E-state index in [0.717, 1.165) is 6.42 Å². The number of rotatable bonds is 7. The summed E-state index contributed by atoms with van der Waals surface area (Å²) in [4.78, 5) is 17.2. The molecule has 0 saturated heterocycles. The molecule has 1 aromatic carbocycles. The second-order valence-corrected chi connectivity index (χ2v) is 6.48. The van der Waals surface area contributed by atoms with Crippen molar-refractivity contribution in [3.05, 3.63) is 34.6 Å². The predicted molar refractivity (Wildman–Crippen MR) is 87.9 cm³/mol. The topological polar surface area (TPSA) is 78.9 Å². The van der Waals surface area contributed by atoms with Crippen molar-refractivity contribution >= 4 is 22.7 Å². The fourth-order valence-corrected chi connectivity index (χ4v) is 3.22. The van der Waals surface area contributed by atoms with Crippen molar-refractivity contribution in [3.8, 4) is 6.07 Å². The maximum atomic E-state index is 12.6. The van der Waals surface area contributed by atoms with Crippen LogP contribution >= 0.6 is 11.8 Å². The third kappa shape index (κ3) is 3.87. The Labute approximate surface area is 133 Å². The summed E-state index contributed by atoms with van der Waals surface area (Å²) in [6.45, 7) is 2.51. The highest BCUT2D eigenvalue weighted by atomic mass is 32.2. The molecule has 0 radical (unpaired) electrons. The van der Waals surface area contributed by atoms with Gasteiger partial charge in [-0.25, -0.2) is 4.98 Å². The summed E-state index contributed by atoms with van der Waals surface area (Å²) in [6.07, 6.45) is 1.76. The first-order chi connectivity index (χ1) is 10.7. The largest absolute Gasteiger partial charge is 0.396 e. The van der Waals surface area contributed by atoms with Crippen LogP contribution in [0.15, 0.2) is 34.2 Å². The van der Waals surface area contributed by atoms with Crippen LogP contribution in [0, 0.1) is 11.3 Å². The predicted octanol–water partition coefficient (Wildman–Crippen LogP) is 2.56. The molecule has 5 nitrogen and oxygen atoms in total. The van der Waals surface area contributed by atoms with Crippen LogP contribution in [0.4, 0.5) is 0 Å². The van der Waals surface area contributed by atoms with E-state index in [-0.39, 0.29) is 17.4 Å². The van der Waals surface area contributed by atoms with E-state index in [1.807, 2.05) is 25.1 Å². The molecule has 1 atom stereocenters. The Hall–Kier alpha value is -1.84. The number of thioether (sulfide) groups is 1. The molecule has 0 spiro atoms. The molecule has 0 aliphatic carbocycles. The molecule has 1 aromatic heterocycles. The van der Waals surface area contributed by atoms with Crippen LogP contribution in [-0.4, -0.2) is 26.5 Å². The lowest BCUT2D eigenvalue weighted by molar-refractivity contribution is 0.276. The molecule has 6 heteroatoms. The number of benzene rings is 1. The standard InChI is InChI=1S/C16H19N3O2S/c1-12(6-4-9-17)22-16-18-14-8-3-2-7-13(14)15(21)19(16)10-5-11-20/h2-3,7-8,12,20H,4-6,10-11H2,1H3. The zero-order valence-corrected chi connectivity index (χ0v) is 13.3. The summed E-state index contributed by atoms with van der Waals surface area (Å²) in [5.41, 5.74) is 0.608. The van der Waals surface area contributed by atoms with Crippen molar-refractivity contribution in [2.24, 2.45) is 0 Å². The fraction of sp³-hybridized carbons (Fsp3) is 0.438. The Bertz CT molecular complexity index is 736. The van der Waals surface area contributed by atoms with Gasteiger partial charge in [-0.15, -0.1) is 0 Å². The Balaban J connectivity index is 2.41. The zero-order chi connectivity index (χ0) is 15.9. The van der Waals surface area contributed by atoms with Crippen LogP contribution in [0.3, 0.4) is 0 Å². The molecule has 116 valence electrons. The molecule has 22 heavy (non-hydrogen) atoms. The molecular weight excluding hydrogens is 298 g/mol. The molecule has 0 amide bonds. The van der Waals surface area contributed by atoms with E-state index in [2.05, 4.69) is 11.1 Å². The number of hydrogen-bond acceptors (Lipinski definition) is 5. The fourth-order valence-electron chi connectivity index (χ4n) is 2.17. The van der Waals surface area contributed by atoms with Crippen molar-refractivity contribution in [2.45, 2.75) is 43.1 Å². The number of aliphatic hydroxyl groups excluding tert-OH is 1. The maximum Gasteiger partial charge on any atom is 0.262 e. The van der Waals surface area contributed by atoms with Gasteiger partial charge < -0.3 is 5.11 Å². The van der Waals surface area contributed by atoms with Crippen LogP contribution in [0.5, 0.6) is 0 Å². The summed E-state index contributed by atoms with van der Waals surface area (Å²) < 4.78 is 1.63. The number of nitrogens with zero attached hydrogens (tertiary/aromatic N) is 3. The molecule has 0 aliphatic heterocycles. The van der Waals surface area contributed by atoms with E-state index in [1.54, 1.807) is 10.6 Å². The Morgan fingerprint density at radius 3 is 2.95 bits per heavy atom. The van der Waals surface area contributed by atoms with E-state index in [9.17, 15) is 4.79 Å². The van der Waals surface area contributed by atoms with Gasteiger partial charge in [0.05, 0.1) is 17.0 Å². The van der Waals surface area contributed by atoms with Crippen LogP contribution < -0.4 is 5.56 Å². The Morgan fingerprint density at radius 1 is 1.45 bits per heavy atom. The number of fused-ring (bicyclic) bond motifs is 1. The van der Waals surface area contributed by atoms with E-state index in [4.69, 9.17) is 10.4 Å². The zero-order valence-electron chi connectivity index (χ0n) is 12.5. The van der Waals surface area contributed by atoms with E-state index < -0.39 is 0 Å². The first-order valence-corrected chi connectivity index (χ1v) is 8.19. The van der Waals surface area contributed by atoms with Gasteiger partial charge in [-0.05, 0) is 25.0 Å². The highest BCUT2D eigenvalue weighted by Crippen LogP contribution is 2.25. The molecule has 2 rings (SSSR count). The lowest BCUT2D eigenvalue weighted by atomic mass is 10.2. The number of aromatic nitrogens is 2. The minimum atomic E-state index is -0.0750. The van der Waals surface area contributed by atoms with Gasteiger partial charge in [0, 0.05) is 24.8 Å². The van der Waals surface area contributed by atoms with Gasteiger partial charge in [0.25, 0.3) is 5.56 Å². The molecule has 0 fully saturated rings. The van der Waals surface area contributed by atoms with Crippen molar-refractivity contribution in [3.63, 3.8) is 0 Å². The third-order valence-corrected chi connectivity index (χ3v) is 4.50. The Morgan fingerprint density at radius 2 is 2.23 bits per heavy atom. The van der Waals surface area contributed by atoms with Gasteiger partial charge in [0.2, 0.25) is 0 Å². The maximum absolute atomic E-state index is 12.6. The molecule has 1 unspecified atom stereocenters. The first-order valence-electron chi connectivity index (χ1n) is 7.31. The summed E-state index contributed by atoms with van der Waals surface area (Å²) in [7, 11) is 0. The van der Waals surface area contributed by atoms with Gasteiger partial charge in [0.1, 0.15) is 0 Å². The van der Waals surface area contributed by atoms with Crippen molar-refractivity contribution in [1.29, 1.82) is 5.26 Å². The molecule has 2 aromatic rings. The van der Waals surface area contributed by atoms with E-state index in [1.165, 1.54) is 11.8 Å². The lowest BCUT2D eigenvalue weighted by Gasteiger charge is -2.15. The van der Waals surface area contributed by atoms with Crippen LogP contribution in [0.1, 0.15) is 26.2 Å². The molecule has 0 saturated carbocycles. The number of nitriles is 1. The highest BCUT2D eigenvalue weighted by Gasteiger charge is 2.14. The molecule has 0 aliphatic rings. The monoisotopic (exact) mass is 317 g/mol. The third-order valence-electron chi connectivity index (χ3n) is 3.34. The molecule has 0 bridgehead atoms. The SMILES string of the molecule is CC(CCC#N)Sc1nc2ccccc2c(=O)n1CCCO.